The van der Waals surface area contributed by atoms with Crippen LogP contribution in [0.15, 0.2) is 0 Å². The summed E-state index contributed by atoms with van der Waals surface area (Å²) in [6.45, 7) is 7.06. The highest BCUT2D eigenvalue weighted by Gasteiger charge is 2.36. The van der Waals surface area contributed by atoms with E-state index in [0.29, 0.717) is 25.6 Å². The van der Waals surface area contributed by atoms with Crippen molar-refractivity contribution < 1.29 is 8.42 Å². The molecule has 0 unspecified atom stereocenters. The molecule has 2 fully saturated rings. The van der Waals surface area contributed by atoms with Crippen molar-refractivity contribution in [1.82, 2.24) is 14.5 Å². The van der Waals surface area contributed by atoms with Crippen LogP contribution in [0.4, 0.5) is 0 Å². The van der Waals surface area contributed by atoms with Crippen molar-refractivity contribution in [3.8, 4) is 0 Å². The summed E-state index contributed by atoms with van der Waals surface area (Å²) in [5.41, 5.74) is -0.0718. The van der Waals surface area contributed by atoms with Crippen LogP contribution in [-0.2, 0) is 10.0 Å². The number of rotatable bonds is 6. The molecule has 0 aromatic carbocycles. The predicted molar refractivity (Wildman–Crippen MR) is 77.7 cm³/mol. The first-order valence-corrected chi connectivity index (χ1v) is 8.85. The SMILES string of the molecule is CN1CCN(S(=O)(=O)CCCNC2CC2)CC1(C)C. The molecule has 1 aliphatic carbocycles. The Morgan fingerprint density at radius 1 is 1.26 bits per heavy atom. The molecule has 1 saturated heterocycles. The lowest BCUT2D eigenvalue weighted by Gasteiger charge is -2.44. The summed E-state index contributed by atoms with van der Waals surface area (Å²) in [4.78, 5) is 2.23. The average molecular weight is 289 g/mol. The zero-order valence-electron chi connectivity index (χ0n) is 12.4. The number of likely N-dealkylation sites (N-methyl/N-ethyl adjacent to an activating group) is 1. The second kappa shape index (κ2) is 5.68. The Morgan fingerprint density at radius 3 is 2.53 bits per heavy atom. The van der Waals surface area contributed by atoms with Crippen molar-refractivity contribution in [3.63, 3.8) is 0 Å². The summed E-state index contributed by atoms with van der Waals surface area (Å²) in [7, 11) is -1.03. The normalized spacial score (nSPS) is 25.6. The number of hydrogen-bond acceptors (Lipinski definition) is 4. The molecule has 1 saturated carbocycles. The first kappa shape index (κ1) is 15.2. The van der Waals surface area contributed by atoms with E-state index in [0.717, 1.165) is 13.1 Å². The number of sulfonamides is 1. The number of piperazine rings is 1. The van der Waals surface area contributed by atoms with Gasteiger partial charge < -0.3 is 5.32 Å². The number of hydrogen-bond donors (Lipinski definition) is 1. The Morgan fingerprint density at radius 2 is 1.95 bits per heavy atom. The van der Waals surface area contributed by atoms with Gasteiger partial charge in [-0.05, 0) is 46.7 Å². The molecule has 0 bridgehead atoms. The van der Waals surface area contributed by atoms with Crippen molar-refractivity contribution in [2.24, 2.45) is 0 Å². The Balaban J connectivity index is 1.81. The van der Waals surface area contributed by atoms with Crippen LogP contribution in [0.3, 0.4) is 0 Å². The number of nitrogens with zero attached hydrogens (tertiary/aromatic N) is 2. The summed E-state index contributed by atoms with van der Waals surface area (Å²) >= 11 is 0. The van der Waals surface area contributed by atoms with Crippen LogP contribution in [0.2, 0.25) is 0 Å². The van der Waals surface area contributed by atoms with Gasteiger partial charge in [-0.15, -0.1) is 0 Å². The molecule has 5 nitrogen and oxygen atoms in total. The van der Waals surface area contributed by atoms with Gasteiger partial charge in [-0.3, -0.25) is 4.90 Å². The Hall–Kier alpha value is -0.170. The molecular weight excluding hydrogens is 262 g/mol. The second-order valence-electron chi connectivity index (χ2n) is 6.47. The first-order valence-electron chi connectivity index (χ1n) is 7.24. The van der Waals surface area contributed by atoms with Crippen LogP contribution in [-0.4, -0.2) is 68.2 Å². The second-order valence-corrected chi connectivity index (χ2v) is 8.55. The topological polar surface area (TPSA) is 52.7 Å². The van der Waals surface area contributed by atoms with Gasteiger partial charge in [0.2, 0.25) is 10.0 Å². The van der Waals surface area contributed by atoms with Crippen molar-refractivity contribution in [2.45, 2.75) is 44.7 Å². The highest BCUT2D eigenvalue weighted by atomic mass is 32.2. The maximum Gasteiger partial charge on any atom is 0.214 e. The third-order valence-corrected chi connectivity index (χ3v) is 6.17. The van der Waals surface area contributed by atoms with Gasteiger partial charge in [0.1, 0.15) is 0 Å². The monoisotopic (exact) mass is 289 g/mol. The highest BCUT2D eigenvalue weighted by molar-refractivity contribution is 7.89. The molecule has 0 aromatic heterocycles. The van der Waals surface area contributed by atoms with Gasteiger partial charge >= 0.3 is 0 Å². The Kier molecular flexibility index (Phi) is 4.55. The molecule has 6 heteroatoms. The van der Waals surface area contributed by atoms with Crippen LogP contribution in [0.1, 0.15) is 33.1 Å². The van der Waals surface area contributed by atoms with Crippen molar-refractivity contribution in [3.05, 3.63) is 0 Å². The van der Waals surface area contributed by atoms with Gasteiger partial charge in [0.15, 0.2) is 0 Å². The van der Waals surface area contributed by atoms with Crippen LogP contribution in [0.5, 0.6) is 0 Å². The molecule has 0 aromatic rings. The third kappa shape index (κ3) is 4.15. The van der Waals surface area contributed by atoms with E-state index in [1.165, 1.54) is 12.8 Å². The molecular formula is C13H27N3O2S. The summed E-state index contributed by atoms with van der Waals surface area (Å²) in [6, 6.07) is 0.658. The lowest BCUT2D eigenvalue weighted by Crippen LogP contribution is -2.59. The van der Waals surface area contributed by atoms with Crippen LogP contribution < -0.4 is 5.32 Å². The van der Waals surface area contributed by atoms with E-state index >= 15 is 0 Å². The standard InChI is InChI=1S/C13H27N3O2S/c1-13(2)11-16(9-8-15(13)3)19(17,18)10-4-7-14-12-5-6-12/h12,14H,4-11H2,1-3H3. The lowest BCUT2D eigenvalue weighted by molar-refractivity contribution is 0.0801. The summed E-state index contributed by atoms with van der Waals surface area (Å²) < 4.78 is 26.3. The highest BCUT2D eigenvalue weighted by Crippen LogP contribution is 2.22. The largest absolute Gasteiger partial charge is 0.314 e. The molecule has 0 atom stereocenters. The minimum absolute atomic E-state index is 0.0718. The maximum atomic E-state index is 12.3. The third-order valence-electron chi connectivity index (χ3n) is 4.26. The van der Waals surface area contributed by atoms with E-state index in [9.17, 15) is 8.42 Å². The van der Waals surface area contributed by atoms with Gasteiger partial charge in [0, 0.05) is 31.2 Å². The molecule has 19 heavy (non-hydrogen) atoms. The fourth-order valence-electron chi connectivity index (χ4n) is 2.41. The van der Waals surface area contributed by atoms with Crippen molar-refractivity contribution in [1.29, 1.82) is 0 Å². The molecule has 2 aliphatic rings. The van der Waals surface area contributed by atoms with Crippen LogP contribution >= 0.6 is 0 Å². The van der Waals surface area contributed by atoms with Crippen molar-refractivity contribution in [2.75, 3.05) is 39.0 Å². The van der Waals surface area contributed by atoms with Gasteiger partial charge in [-0.25, -0.2) is 8.42 Å². The minimum atomic E-state index is -3.09. The van der Waals surface area contributed by atoms with E-state index in [-0.39, 0.29) is 11.3 Å². The van der Waals surface area contributed by atoms with Gasteiger partial charge in [0.25, 0.3) is 0 Å². The fraction of sp³-hybridized carbons (Fsp3) is 1.00. The molecule has 0 spiro atoms. The lowest BCUT2D eigenvalue weighted by atomic mass is 10.0. The zero-order chi connectivity index (χ0) is 14.1. The summed E-state index contributed by atoms with van der Waals surface area (Å²) in [6.07, 6.45) is 3.21. The van der Waals surface area contributed by atoms with E-state index in [2.05, 4.69) is 31.1 Å². The van der Waals surface area contributed by atoms with E-state index in [4.69, 9.17) is 0 Å². The minimum Gasteiger partial charge on any atom is -0.314 e. The Bertz CT molecular complexity index is 404. The number of nitrogens with one attached hydrogen (secondary N) is 1. The molecule has 112 valence electrons. The zero-order valence-corrected chi connectivity index (χ0v) is 13.2. The quantitative estimate of drug-likeness (QED) is 0.723. The van der Waals surface area contributed by atoms with Gasteiger partial charge in [0.05, 0.1) is 5.75 Å². The van der Waals surface area contributed by atoms with Gasteiger partial charge in [-0.1, -0.05) is 0 Å². The summed E-state index contributed by atoms with van der Waals surface area (Å²) in [5, 5.41) is 3.36. The first-order chi connectivity index (χ1) is 8.81. The molecule has 0 amide bonds. The van der Waals surface area contributed by atoms with E-state index in [1.807, 2.05) is 0 Å². The molecule has 1 aliphatic heterocycles. The summed E-state index contributed by atoms with van der Waals surface area (Å²) in [5.74, 6) is 0.270. The van der Waals surface area contributed by atoms with E-state index < -0.39 is 10.0 Å². The Labute approximate surface area is 117 Å². The maximum absolute atomic E-state index is 12.3. The average Bonchev–Trinajstić information content (AvgIpc) is 3.12. The predicted octanol–water partition coefficient (Wildman–Crippen LogP) is 0.484. The smallest absolute Gasteiger partial charge is 0.214 e. The molecule has 0 radical (unpaired) electrons. The molecule has 1 heterocycles. The molecule has 1 N–H and O–H groups in total. The van der Waals surface area contributed by atoms with Crippen LogP contribution in [0.25, 0.3) is 0 Å². The van der Waals surface area contributed by atoms with E-state index in [1.54, 1.807) is 4.31 Å². The fourth-order valence-corrected chi connectivity index (χ4v) is 4.05. The van der Waals surface area contributed by atoms with Crippen molar-refractivity contribution >= 4 is 10.0 Å². The molecule has 2 rings (SSSR count). The van der Waals surface area contributed by atoms with Crippen LogP contribution in [0, 0.1) is 0 Å². The van der Waals surface area contributed by atoms with Gasteiger partial charge in [-0.2, -0.15) is 4.31 Å².